The molecule has 2 aliphatic rings. The van der Waals surface area contributed by atoms with Crippen molar-refractivity contribution in [3.8, 4) is 0 Å². The van der Waals surface area contributed by atoms with Crippen LogP contribution in [0, 0.1) is 5.92 Å². The molecule has 1 unspecified atom stereocenters. The van der Waals surface area contributed by atoms with Crippen LogP contribution >= 0.6 is 0 Å². The number of carboxylic acids is 1. The van der Waals surface area contributed by atoms with Crippen molar-refractivity contribution < 1.29 is 24.2 Å². The van der Waals surface area contributed by atoms with E-state index in [0.717, 1.165) is 0 Å². The zero-order valence-corrected chi connectivity index (χ0v) is 10.1. The first-order valence-corrected chi connectivity index (χ1v) is 6.02. The summed E-state index contributed by atoms with van der Waals surface area (Å²) in [7, 11) is 0. The number of fused-ring (bicyclic) bond motifs is 1. The summed E-state index contributed by atoms with van der Waals surface area (Å²) in [6.45, 7) is 4.52. The predicted octanol–water partition coefficient (Wildman–Crippen LogP) is 0.873. The van der Waals surface area contributed by atoms with Gasteiger partial charge < -0.3 is 19.5 Å². The summed E-state index contributed by atoms with van der Waals surface area (Å²) in [5.41, 5.74) is 0. The van der Waals surface area contributed by atoms with Crippen LogP contribution in [0.15, 0.2) is 12.7 Å². The summed E-state index contributed by atoms with van der Waals surface area (Å²) in [5.74, 6) is -1.26. The number of carbonyl (C=O) groups excluding carboxylic acids is 1. The van der Waals surface area contributed by atoms with Crippen LogP contribution in [-0.2, 0) is 14.3 Å². The maximum Gasteiger partial charge on any atom is 0.410 e. The van der Waals surface area contributed by atoms with E-state index in [1.54, 1.807) is 4.90 Å². The average molecular weight is 255 g/mol. The largest absolute Gasteiger partial charge is 0.481 e. The van der Waals surface area contributed by atoms with Gasteiger partial charge in [-0.2, -0.15) is 0 Å². The second-order valence-electron chi connectivity index (χ2n) is 4.54. The Labute approximate surface area is 105 Å². The number of hydrogen-bond acceptors (Lipinski definition) is 4. The van der Waals surface area contributed by atoms with Crippen LogP contribution in [-0.4, -0.2) is 54.0 Å². The van der Waals surface area contributed by atoms with Crippen LogP contribution in [0.3, 0.4) is 0 Å². The van der Waals surface area contributed by atoms with Crippen molar-refractivity contribution in [1.29, 1.82) is 0 Å². The van der Waals surface area contributed by atoms with Gasteiger partial charge in [-0.25, -0.2) is 4.79 Å². The van der Waals surface area contributed by atoms with Crippen LogP contribution in [0.25, 0.3) is 0 Å². The second-order valence-corrected chi connectivity index (χ2v) is 4.54. The minimum atomic E-state index is -0.826. The van der Waals surface area contributed by atoms with E-state index in [9.17, 15) is 9.59 Å². The Morgan fingerprint density at radius 3 is 2.94 bits per heavy atom. The first kappa shape index (κ1) is 12.9. The number of morpholine rings is 1. The van der Waals surface area contributed by atoms with E-state index >= 15 is 0 Å². The molecule has 0 aromatic rings. The van der Waals surface area contributed by atoms with E-state index in [0.29, 0.717) is 26.0 Å². The Morgan fingerprint density at radius 1 is 1.50 bits per heavy atom. The number of nitrogens with zero attached hydrogens (tertiary/aromatic N) is 1. The molecular weight excluding hydrogens is 238 g/mol. The van der Waals surface area contributed by atoms with Gasteiger partial charge in [-0.3, -0.25) is 4.79 Å². The third-order valence-electron chi connectivity index (χ3n) is 3.44. The minimum Gasteiger partial charge on any atom is -0.481 e. The van der Waals surface area contributed by atoms with Crippen molar-refractivity contribution >= 4 is 12.1 Å². The molecule has 1 saturated carbocycles. The van der Waals surface area contributed by atoms with Gasteiger partial charge >= 0.3 is 12.1 Å². The van der Waals surface area contributed by atoms with Gasteiger partial charge in [-0.15, -0.1) is 0 Å². The molecule has 1 saturated heterocycles. The van der Waals surface area contributed by atoms with Gasteiger partial charge in [0.15, 0.2) is 0 Å². The zero-order valence-electron chi connectivity index (χ0n) is 10.1. The lowest BCUT2D eigenvalue weighted by molar-refractivity contribution is -0.141. The SMILES string of the molecule is C=CCOC(=O)N1CCO[C@H]2CC(C(=O)O)C[C@H]21. The maximum atomic E-state index is 11.8. The van der Waals surface area contributed by atoms with E-state index in [2.05, 4.69) is 6.58 Å². The summed E-state index contributed by atoms with van der Waals surface area (Å²) in [6.07, 6.45) is 1.80. The van der Waals surface area contributed by atoms with Gasteiger partial charge in [0.05, 0.1) is 24.7 Å². The molecule has 1 aliphatic carbocycles. The van der Waals surface area contributed by atoms with Crippen molar-refractivity contribution in [3.63, 3.8) is 0 Å². The van der Waals surface area contributed by atoms with Crippen LogP contribution in [0.2, 0.25) is 0 Å². The predicted molar refractivity (Wildman–Crippen MR) is 62.1 cm³/mol. The van der Waals surface area contributed by atoms with Crippen molar-refractivity contribution in [2.45, 2.75) is 25.0 Å². The van der Waals surface area contributed by atoms with Gasteiger partial charge in [0.25, 0.3) is 0 Å². The number of rotatable bonds is 3. The Morgan fingerprint density at radius 2 is 2.28 bits per heavy atom. The molecule has 6 heteroatoms. The van der Waals surface area contributed by atoms with Gasteiger partial charge in [0.2, 0.25) is 0 Å². The fourth-order valence-corrected chi connectivity index (χ4v) is 2.59. The lowest BCUT2D eigenvalue weighted by Crippen LogP contribution is -2.51. The molecule has 0 radical (unpaired) electrons. The third kappa shape index (κ3) is 2.48. The van der Waals surface area contributed by atoms with Gasteiger partial charge in [0.1, 0.15) is 6.61 Å². The van der Waals surface area contributed by atoms with Gasteiger partial charge in [-0.1, -0.05) is 12.7 Å². The highest BCUT2D eigenvalue weighted by Gasteiger charge is 2.45. The van der Waals surface area contributed by atoms with Crippen LogP contribution in [0.1, 0.15) is 12.8 Å². The molecule has 2 rings (SSSR count). The number of carbonyl (C=O) groups is 2. The molecule has 1 heterocycles. The van der Waals surface area contributed by atoms with Gasteiger partial charge in [-0.05, 0) is 12.8 Å². The van der Waals surface area contributed by atoms with E-state index in [1.165, 1.54) is 6.08 Å². The summed E-state index contributed by atoms with van der Waals surface area (Å²) in [6, 6.07) is -0.183. The topological polar surface area (TPSA) is 76.1 Å². The van der Waals surface area contributed by atoms with Crippen molar-refractivity contribution in [1.82, 2.24) is 4.90 Å². The Kier molecular flexibility index (Phi) is 3.86. The molecule has 0 bridgehead atoms. The van der Waals surface area contributed by atoms with Crippen LogP contribution in [0.4, 0.5) is 4.79 Å². The fraction of sp³-hybridized carbons (Fsp3) is 0.667. The molecule has 6 nitrogen and oxygen atoms in total. The van der Waals surface area contributed by atoms with E-state index in [4.69, 9.17) is 14.6 Å². The Bertz CT molecular complexity index is 356. The molecule has 0 aromatic heterocycles. The molecule has 3 atom stereocenters. The number of amides is 1. The van der Waals surface area contributed by atoms with Crippen molar-refractivity contribution in [3.05, 3.63) is 12.7 Å². The normalized spacial score (nSPS) is 30.7. The maximum absolute atomic E-state index is 11.8. The van der Waals surface area contributed by atoms with Crippen LogP contribution in [0.5, 0.6) is 0 Å². The quantitative estimate of drug-likeness (QED) is 0.757. The van der Waals surface area contributed by atoms with Crippen molar-refractivity contribution in [2.24, 2.45) is 5.92 Å². The number of carboxylic acid groups (broad SMARTS) is 1. The number of aliphatic carboxylic acids is 1. The highest BCUT2D eigenvalue weighted by atomic mass is 16.6. The summed E-state index contributed by atoms with van der Waals surface area (Å²) in [5, 5.41) is 9.02. The molecular formula is C12H17NO5. The summed E-state index contributed by atoms with van der Waals surface area (Å²) >= 11 is 0. The monoisotopic (exact) mass is 255 g/mol. The molecule has 0 aromatic carbocycles. The average Bonchev–Trinajstić information content (AvgIpc) is 2.79. The minimum absolute atomic E-state index is 0.163. The standard InChI is InChI=1S/C12H17NO5/c1-2-4-18-12(16)13-3-5-17-10-7-8(11(14)15)6-9(10)13/h2,8-10H,1,3-7H2,(H,14,15)/t8?,9-,10+/m1/s1. The molecule has 100 valence electrons. The lowest BCUT2D eigenvalue weighted by atomic mass is 10.1. The molecule has 1 aliphatic heterocycles. The summed E-state index contributed by atoms with van der Waals surface area (Å²) < 4.78 is 10.5. The Hall–Kier alpha value is -1.56. The summed E-state index contributed by atoms with van der Waals surface area (Å²) in [4.78, 5) is 24.4. The fourth-order valence-electron chi connectivity index (χ4n) is 2.59. The smallest absolute Gasteiger partial charge is 0.410 e. The number of hydrogen-bond donors (Lipinski definition) is 1. The van der Waals surface area contributed by atoms with E-state index in [1.807, 2.05) is 0 Å². The van der Waals surface area contributed by atoms with Crippen LogP contribution < -0.4 is 0 Å². The third-order valence-corrected chi connectivity index (χ3v) is 3.44. The molecule has 1 amide bonds. The second kappa shape index (κ2) is 5.39. The molecule has 2 fully saturated rings. The lowest BCUT2D eigenvalue weighted by Gasteiger charge is -2.36. The molecule has 1 N–H and O–H groups in total. The first-order chi connectivity index (χ1) is 8.63. The highest BCUT2D eigenvalue weighted by Crippen LogP contribution is 2.34. The number of ether oxygens (including phenoxy) is 2. The van der Waals surface area contributed by atoms with Crippen molar-refractivity contribution in [2.75, 3.05) is 19.8 Å². The Balaban J connectivity index is 2.01. The van der Waals surface area contributed by atoms with Gasteiger partial charge in [0, 0.05) is 6.54 Å². The highest BCUT2D eigenvalue weighted by molar-refractivity contribution is 5.72. The first-order valence-electron chi connectivity index (χ1n) is 6.02. The van der Waals surface area contributed by atoms with E-state index < -0.39 is 18.0 Å². The van der Waals surface area contributed by atoms with E-state index in [-0.39, 0.29) is 18.8 Å². The zero-order chi connectivity index (χ0) is 13.1. The molecule has 18 heavy (non-hydrogen) atoms. The molecule has 0 spiro atoms.